The minimum Gasteiger partial charge on any atom is -0.479 e. The highest BCUT2D eigenvalue weighted by Crippen LogP contribution is 2.28. The van der Waals surface area contributed by atoms with Crippen LogP contribution in [0, 0.1) is 12.7 Å². The summed E-state index contributed by atoms with van der Waals surface area (Å²) in [5.41, 5.74) is 1.51. The second-order valence-corrected chi connectivity index (χ2v) is 6.12. The number of rotatable bonds is 5. The highest BCUT2D eigenvalue weighted by atomic mass is 19.1. The Hall–Kier alpha value is -4.01. The van der Waals surface area contributed by atoms with Crippen molar-refractivity contribution in [2.24, 2.45) is 0 Å². The van der Waals surface area contributed by atoms with Crippen LogP contribution in [0.1, 0.15) is 16.1 Å². The SMILES string of the molecule is COc1nc(-n2ccnc2)ccc1NC(=O)c1c(-c2ccc(F)cc2)noc1C. The van der Waals surface area contributed by atoms with E-state index in [4.69, 9.17) is 9.26 Å². The fourth-order valence-corrected chi connectivity index (χ4v) is 2.85. The lowest BCUT2D eigenvalue weighted by molar-refractivity contribution is 0.102. The molecule has 0 atom stereocenters. The number of hydrogen-bond donors (Lipinski definition) is 1. The van der Waals surface area contributed by atoms with Crippen molar-refractivity contribution in [2.45, 2.75) is 6.92 Å². The molecule has 3 heterocycles. The molecule has 3 aromatic heterocycles. The molecule has 0 aliphatic rings. The maximum absolute atomic E-state index is 13.2. The van der Waals surface area contributed by atoms with E-state index in [1.807, 2.05) is 0 Å². The van der Waals surface area contributed by atoms with Gasteiger partial charge in [0.05, 0.1) is 7.11 Å². The lowest BCUT2D eigenvalue weighted by atomic mass is 10.1. The summed E-state index contributed by atoms with van der Waals surface area (Å²) >= 11 is 0. The van der Waals surface area contributed by atoms with Gasteiger partial charge >= 0.3 is 0 Å². The molecule has 1 aromatic carbocycles. The number of ether oxygens (including phenoxy) is 1. The molecule has 0 aliphatic heterocycles. The predicted molar refractivity (Wildman–Crippen MR) is 102 cm³/mol. The number of anilines is 1. The summed E-state index contributed by atoms with van der Waals surface area (Å²) in [5.74, 6) is 0.337. The van der Waals surface area contributed by atoms with Crippen LogP contribution in [0.4, 0.5) is 10.1 Å². The van der Waals surface area contributed by atoms with Crippen molar-refractivity contribution in [3.63, 3.8) is 0 Å². The van der Waals surface area contributed by atoms with Crippen molar-refractivity contribution in [3.8, 4) is 23.0 Å². The first-order valence-electron chi connectivity index (χ1n) is 8.63. The number of nitrogens with zero attached hydrogens (tertiary/aromatic N) is 4. The van der Waals surface area contributed by atoms with Gasteiger partial charge in [0.15, 0.2) is 0 Å². The Labute approximate surface area is 165 Å². The van der Waals surface area contributed by atoms with Crippen LogP contribution in [0.15, 0.2) is 59.6 Å². The molecular weight excluding hydrogens is 377 g/mol. The van der Waals surface area contributed by atoms with Gasteiger partial charge in [-0.25, -0.2) is 9.37 Å². The van der Waals surface area contributed by atoms with E-state index in [0.29, 0.717) is 28.5 Å². The third-order valence-electron chi connectivity index (χ3n) is 4.26. The molecule has 0 spiro atoms. The van der Waals surface area contributed by atoms with Crippen LogP contribution in [0.2, 0.25) is 0 Å². The van der Waals surface area contributed by atoms with Crippen LogP contribution < -0.4 is 10.1 Å². The maximum atomic E-state index is 13.2. The molecule has 29 heavy (non-hydrogen) atoms. The maximum Gasteiger partial charge on any atom is 0.261 e. The van der Waals surface area contributed by atoms with Crippen LogP contribution in [0.25, 0.3) is 17.1 Å². The Bertz CT molecular complexity index is 1150. The van der Waals surface area contributed by atoms with Crippen molar-refractivity contribution < 1.29 is 18.4 Å². The Morgan fingerprint density at radius 1 is 1.21 bits per heavy atom. The van der Waals surface area contributed by atoms with Gasteiger partial charge in [-0.2, -0.15) is 4.98 Å². The number of nitrogens with one attached hydrogen (secondary N) is 1. The fourth-order valence-electron chi connectivity index (χ4n) is 2.85. The Kier molecular flexibility index (Phi) is 4.78. The lowest BCUT2D eigenvalue weighted by Gasteiger charge is -2.11. The quantitative estimate of drug-likeness (QED) is 0.556. The molecule has 1 amide bonds. The van der Waals surface area contributed by atoms with E-state index in [1.54, 1.807) is 42.3 Å². The smallest absolute Gasteiger partial charge is 0.261 e. The summed E-state index contributed by atoms with van der Waals surface area (Å²) in [7, 11) is 1.46. The lowest BCUT2D eigenvalue weighted by Crippen LogP contribution is -2.15. The summed E-state index contributed by atoms with van der Waals surface area (Å²) in [6, 6.07) is 9.06. The average Bonchev–Trinajstić information content (AvgIpc) is 3.39. The molecule has 4 rings (SSSR count). The molecule has 146 valence electrons. The summed E-state index contributed by atoms with van der Waals surface area (Å²) in [5, 5.41) is 6.73. The van der Waals surface area contributed by atoms with Gasteiger partial charge in [0, 0.05) is 18.0 Å². The molecule has 0 unspecified atom stereocenters. The topological polar surface area (TPSA) is 95.1 Å². The molecule has 4 aromatic rings. The fraction of sp³-hybridized carbons (Fsp3) is 0.100. The molecule has 9 heteroatoms. The molecule has 0 fully saturated rings. The van der Waals surface area contributed by atoms with Gasteiger partial charge in [0.2, 0.25) is 5.88 Å². The monoisotopic (exact) mass is 393 g/mol. The number of aromatic nitrogens is 4. The molecule has 0 saturated carbocycles. The second-order valence-electron chi connectivity index (χ2n) is 6.12. The van der Waals surface area contributed by atoms with E-state index < -0.39 is 5.91 Å². The molecule has 0 radical (unpaired) electrons. The minimum absolute atomic E-state index is 0.238. The Morgan fingerprint density at radius 2 is 2.00 bits per heavy atom. The van der Waals surface area contributed by atoms with Gasteiger partial charge < -0.3 is 14.6 Å². The number of aryl methyl sites for hydroxylation is 1. The van der Waals surface area contributed by atoms with E-state index >= 15 is 0 Å². The van der Waals surface area contributed by atoms with Gasteiger partial charge in [-0.1, -0.05) is 5.16 Å². The van der Waals surface area contributed by atoms with Crippen LogP contribution in [-0.4, -0.2) is 32.7 Å². The molecule has 8 nitrogen and oxygen atoms in total. The highest BCUT2D eigenvalue weighted by molar-refractivity contribution is 6.09. The number of carbonyl (C=O) groups excluding carboxylic acids is 1. The minimum atomic E-state index is -0.446. The summed E-state index contributed by atoms with van der Waals surface area (Å²) in [6.07, 6.45) is 4.99. The van der Waals surface area contributed by atoms with Crippen molar-refractivity contribution in [3.05, 3.63) is 72.3 Å². The zero-order valence-electron chi connectivity index (χ0n) is 15.6. The first-order valence-corrected chi connectivity index (χ1v) is 8.63. The molecule has 0 saturated heterocycles. The first kappa shape index (κ1) is 18.4. The number of hydrogen-bond acceptors (Lipinski definition) is 6. The number of halogens is 1. The summed E-state index contributed by atoms with van der Waals surface area (Å²) in [6.45, 7) is 1.63. The standard InChI is InChI=1S/C20H16FN5O3/c1-12-17(18(25-29-12)13-3-5-14(21)6-4-13)19(27)23-15-7-8-16(24-20(15)28-2)26-10-9-22-11-26/h3-11H,1-2H3,(H,23,27). The highest BCUT2D eigenvalue weighted by Gasteiger charge is 2.23. The molecule has 0 aliphatic carbocycles. The Morgan fingerprint density at radius 3 is 2.69 bits per heavy atom. The molecule has 1 N–H and O–H groups in total. The number of imidazole rings is 1. The van der Waals surface area contributed by atoms with E-state index in [2.05, 4.69) is 20.4 Å². The average molecular weight is 393 g/mol. The third-order valence-corrected chi connectivity index (χ3v) is 4.26. The zero-order chi connectivity index (χ0) is 20.4. The van der Waals surface area contributed by atoms with E-state index in [0.717, 1.165) is 0 Å². The summed E-state index contributed by atoms with van der Waals surface area (Å²) < 4.78 is 25.5. The number of pyridine rings is 1. The van der Waals surface area contributed by atoms with Crippen LogP contribution in [-0.2, 0) is 0 Å². The van der Waals surface area contributed by atoms with Gasteiger partial charge in [-0.3, -0.25) is 9.36 Å². The van der Waals surface area contributed by atoms with Gasteiger partial charge in [-0.05, 0) is 43.3 Å². The number of benzene rings is 1. The Balaban J connectivity index is 1.65. The van der Waals surface area contributed by atoms with E-state index in [9.17, 15) is 9.18 Å². The number of carbonyl (C=O) groups is 1. The van der Waals surface area contributed by atoms with Crippen LogP contribution in [0.5, 0.6) is 5.88 Å². The third kappa shape index (κ3) is 3.57. The molecule has 0 bridgehead atoms. The number of amides is 1. The second kappa shape index (κ2) is 7.55. The van der Waals surface area contributed by atoms with Crippen molar-refractivity contribution in [1.29, 1.82) is 0 Å². The van der Waals surface area contributed by atoms with E-state index in [1.165, 1.54) is 31.4 Å². The van der Waals surface area contributed by atoms with Gasteiger partial charge in [0.1, 0.15) is 40.7 Å². The van der Waals surface area contributed by atoms with Crippen LogP contribution >= 0.6 is 0 Å². The first-order chi connectivity index (χ1) is 14.1. The molecular formula is C20H16FN5O3. The van der Waals surface area contributed by atoms with Crippen molar-refractivity contribution in [2.75, 3.05) is 12.4 Å². The largest absolute Gasteiger partial charge is 0.479 e. The zero-order valence-corrected chi connectivity index (χ0v) is 15.6. The number of methoxy groups -OCH3 is 1. The van der Waals surface area contributed by atoms with Crippen molar-refractivity contribution >= 4 is 11.6 Å². The predicted octanol–water partition coefficient (Wildman–Crippen LogP) is 3.63. The van der Waals surface area contributed by atoms with E-state index in [-0.39, 0.29) is 17.3 Å². The van der Waals surface area contributed by atoms with Gasteiger partial charge in [-0.15, -0.1) is 0 Å². The normalized spacial score (nSPS) is 10.7. The van der Waals surface area contributed by atoms with Crippen molar-refractivity contribution in [1.82, 2.24) is 19.7 Å². The summed E-state index contributed by atoms with van der Waals surface area (Å²) in [4.78, 5) is 21.3. The van der Waals surface area contributed by atoms with Gasteiger partial charge in [0.25, 0.3) is 5.91 Å². The van der Waals surface area contributed by atoms with Crippen LogP contribution in [0.3, 0.4) is 0 Å².